The van der Waals surface area contributed by atoms with Crippen molar-refractivity contribution in [2.75, 3.05) is 7.11 Å². The Kier molecular flexibility index (Phi) is 6.89. The molecule has 1 unspecified atom stereocenters. The Balaban J connectivity index is 2.93. The van der Waals surface area contributed by atoms with Crippen LogP contribution < -0.4 is 10.1 Å². The standard InChI is InChI=1S/C17H25NO4/c1-4-5-6-10-15(19)18-17(2,12-16(20)21)13-8-7-9-14(11-13)22-3/h7-9,11H,4-6,10,12H2,1-3H3,(H,18,19)(H,20,21). The van der Waals surface area contributed by atoms with Crippen LogP contribution in [0.1, 0.15) is 51.5 Å². The number of carbonyl (C=O) groups excluding carboxylic acids is 1. The van der Waals surface area contributed by atoms with Crippen molar-refractivity contribution in [3.63, 3.8) is 0 Å². The number of hydrogen-bond donors (Lipinski definition) is 2. The van der Waals surface area contributed by atoms with Crippen LogP contribution in [0.15, 0.2) is 24.3 Å². The number of nitrogens with one attached hydrogen (secondary N) is 1. The molecule has 0 aliphatic carbocycles. The van der Waals surface area contributed by atoms with Crippen LogP contribution in [0.5, 0.6) is 5.75 Å². The third kappa shape index (κ3) is 5.39. The van der Waals surface area contributed by atoms with Gasteiger partial charge in [0, 0.05) is 6.42 Å². The molecule has 0 aliphatic rings. The van der Waals surface area contributed by atoms with Crippen LogP contribution in [0.2, 0.25) is 0 Å². The molecule has 0 aromatic heterocycles. The highest BCUT2D eigenvalue weighted by molar-refractivity contribution is 5.78. The normalized spacial score (nSPS) is 13.2. The third-order valence-corrected chi connectivity index (χ3v) is 3.63. The predicted octanol–water partition coefficient (Wildman–Crippen LogP) is 3.08. The first kappa shape index (κ1) is 18.0. The summed E-state index contributed by atoms with van der Waals surface area (Å²) >= 11 is 0. The molecule has 1 atom stereocenters. The molecule has 0 heterocycles. The van der Waals surface area contributed by atoms with Crippen LogP contribution in [0.3, 0.4) is 0 Å². The number of amides is 1. The minimum Gasteiger partial charge on any atom is -0.497 e. The van der Waals surface area contributed by atoms with Gasteiger partial charge in [0.05, 0.1) is 19.1 Å². The number of carboxylic acids is 1. The van der Waals surface area contributed by atoms with Gasteiger partial charge in [0.2, 0.25) is 5.91 Å². The fourth-order valence-corrected chi connectivity index (χ4v) is 2.39. The molecule has 0 fully saturated rings. The lowest BCUT2D eigenvalue weighted by Gasteiger charge is -2.30. The van der Waals surface area contributed by atoms with Crippen LogP contribution in [-0.4, -0.2) is 24.1 Å². The smallest absolute Gasteiger partial charge is 0.306 e. The highest BCUT2D eigenvalue weighted by Crippen LogP contribution is 2.28. The van der Waals surface area contributed by atoms with E-state index in [-0.39, 0.29) is 12.3 Å². The van der Waals surface area contributed by atoms with Gasteiger partial charge in [-0.2, -0.15) is 0 Å². The van der Waals surface area contributed by atoms with Crippen LogP contribution in [0.25, 0.3) is 0 Å². The summed E-state index contributed by atoms with van der Waals surface area (Å²) in [6, 6.07) is 7.14. The number of hydrogen-bond acceptors (Lipinski definition) is 3. The van der Waals surface area contributed by atoms with Gasteiger partial charge in [0.15, 0.2) is 0 Å². The first-order valence-electron chi connectivity index (χ1n) is 7.58. The maximum absolute atomic E-state index is 12.1. The highest BCUT2D eigenvalue weighted by Gasteiger charge is 2.31. The van der Waals surface area contributed by atoms with E-state index in [1.54, 1.807) is 38.3 Å². The van der Waals surface area contributed by atoms with Gasteiger partial charge < -0.3 is 15.2 Å². The Hall–Kier alpha value is -2.04. The van der Waals surface area contributed by atoms with E-state index in [4.69, 9.17) is 4.74 Å². The van der Waals surface area contributed by atoms with E-state index < -0.39 is 11.5 Å². The number of unbranched alkanes of at least 4 members (excludes halogenated alkanes) is 2. The molecule has 0 bridgehead atoms. The van der Waals surface area contributed by atoms with Crippen molar-refractivity contribution in [2.45, 2.75) is 51.5 Å². The molecule has 0 radical (unpaired) electrons. The molecule has 0 saturated heterocycles. The largest absolute Gasteiger partial charge is 0.497 e. The van der Waals surface area contributed by atoms with Gasteiger partial charge in [-0.25, -0.2) is 0 Å². The van der Waals surface area contributed by atoms with Gasteiger partial charge in [-0.1, -0.05) is 31.9 Å². The SMILES string of the molecule is CCCCCC(=O)NC(C)(CC(=O)O)c1cccc(OC)c1. The number of aliphatic carboxylic acids is 1. The zero-order valence-electron chi connectivity index (χ0n) is 13.5. The summed E-state index contributed by atoms with van der Waals surface area (Å²) in [5.41, 5.74) is -0.234. The molecule has 122 valence electrons. The second-order valence-corrected chi connectivity index (χ2v) is 5.64. The lowest BCUT2D eigenvalue weighted by Crippen LogP contribution is -2.45. The molecule has 0 saturated carbocycles. The molecule has 5 heteroatoms. The van der Waals surface area contributed by atoms with E-state index in [0.717, 1.165) is 24.8 Å². The van der Waals surface area contributed by atoms with Gasteiger partial charge in [-0.3, -0.25) is 9.59 Å². The second-order valence-electron chi connectivity index (χ2n) is 5.64. The lowest BCUT2D eigenvalue weighted by atomic mass is 9.88. The van der Waals surface area contributed by atoms with Crippen molar-refractivity contribution in [3.8, 4) is 5.75 Å². The number of carboxylic acid groups (broad SMARTS) is 1. The second kappa shape index (κ2) is 8.41. The van der Waals surface area contributed by atoms with E-state index in [2.05, 4.69) is 12.2 Å². The predicted molar refractivity (Wildman–Crippen MR) is 84.9 cm³/mol. The summed E-state index contributed by atoms with van der Waals surface area (Å²) in [5, 5.41) is 12.1. The first-order chi connectivity index (χ1) is 10.4. The van der Waals surface area contributed by atoms with E-state index >= 15 is 0 Å². The van der Waals surface area contributed by atoms with Crippen LogP contribution in [0, 0.1) is 0 Å². The summed E-state index contributed by atoms with van der Waals surface area (Å²) in [5.74, 6) is -0.450. The number of rotatable bonds is 9. The van der Waals surface area contributed by atoms with Crippen LogP contribution in [0.4, 0.5) is 0 Å². The van der Waals surface area contributed by atoms with E-state index in [1.165, 1.54) is 0 Å². The molecule has 2 N–H and O–H groups in total. The fourth-order valence-electron chi connectivity index (χ4n) is 2.39. The summed E-state index contributed by atoms with van der Waals surface area (Å²) in [6.07, 6.45) is 3.06. The van der Waals surface area contributed by atoms with Crippen molar-refractivity contribution in [1.29, 1.82) is 0 Å². The molecule has 1 aromatic rings. The van der Waals surface area contributed by atoms with Crippen molar-refractivity contribution in [1.82, 2.24) is 5.32 Å². The van der Waals surface area contributed by atoms with E-state index in [0.29, 0.717) is 12.2 Å². The zero-order chi connectivity index (χ0) is 16.6. The highest BCUT2D eigenvalue weighted by atomic mass is 16.5. The molecule has 0 spiro atoms. The molecule has 1 rings (SSSR count). The maximum atomic E-state index is 12.1. The maximum Gasteiger partial charge on any atom is 0.306 e. The average Bonchev–Trinajstić information content (AvgIpc) is 2.46. The van der Waals surface area contributed by atoms with Gasteiger partial charge in [0.25, 0.3) is 0 Å². The monoisotopic (exact) mass is 307 g/mol. The van der Waals surface area contributed by atoms with Crippen molar-refractivity contribution >= 4 is 11.9 Å². The molecule has 22 heavy (non-hydrogen) atoms. The van der Waals surface area contributed by atoms with Crippen molar-refractivity contribution < 1.29 is 19.4 Å². The topological polar surface area (TPSA) is 75.6 Å². The Bertz CT molecular complexity index is 515. The number of benzene rings is 1. The van der Waals surface area contributed by atoms with Crippen LogP contribution in [-0.2, 0) is 15.1 Å². The summed E-state index contributed by atoms with van der Waals surface area (Å²) in [6.45, 7) is 3.80. The van der Waals surface area contributed by atoms with Gasteiger partial charge in [-0.05, 0) is 31.0 Å². The summed E-state index contributed by atoms with van der Waals surface area (Å²) in [7, 11) is 1.55. The minimum absolute atomic E-state index is 0.125. The Morgan fingerprint density at radius 2 is 2.05 bits per heavy atom. The van der Waals surface area contributed by atoms with Crippen LogP contribution >= 0.6 is 0 Å². The van der Waals surface area contributed by atoms with E-state index in [1.807, 2.05) is 0 Å². The zero-order valence-corrected chi connectivity index (χ0v) is 13.5. The number of methoxy groups -OCH3 is 1. The molecular formula is C17H25NO4. The number of carbonyl (C=O) groups is 2. The average molecular weight is 307 g/mol. The van der Waals surface area contributed by atoms with Crippen molar-refractivity contribution in [2.24, 2.45) is 0 Å². The summed E-state index contributed by atoms with van der Waals surface area (Å²) < 4.78 is 5.18. The Morgan fingerprint density at radius 1 is 1.32 bits per heavy atom. The van der Waals surface area contributed by atoms with E-state index in [9.17, 15) is 14.7 Å². The fraction of sp³-hybridized carbons (Fsp3) is 0.529. The van der Waals surface area contributed by atoms with Gasteiger partial charge in [0.1, 0.15) is 5.75 Å². The molecule has 5 nitrogen and oxygen atoms in total. The quantitative estimate of drug-likeness (QED) is 0.687. The molecular weight excluding hydrogens is 282 g/mol. The van der Waals surface area contributed by atoms with Gasteiger partial charge >= 0.3 is 5.97 Å². The first-order valence-corrected chi connectivity index (χ1v) is 7.58. The molecule has 1 amide bonds. The lowest BCUT2D eigenvalue weighted by molar-refractivity contribution is -0.139. The Labute approximate surface area is 131 Å². The third-order valence-electron chi connectivity index (χ3n) is 3.63. The minimum atomic E-state index is -0.959. The Morgan fingerprint density at radius 3 is 2.64 bits per heavy atom. The molecule has 0 aliphatic heterocycles. The van der Waals surface area contributed by atoms with Gasteiger partial charge in [-0.15, -0.1) is 0 Å². The summed E-state index contributed by atoms with van der Waals surface area (Å²) in [4.78, 5) is 23.3. The van der Waals surface area contributed by atoms with Crippen molar-refractivity contribution in [3.05, 3.63) is 29.8 Å². The molecule has 1 aromatic carbocycles. The number of ether oxygens (including phenoxy) is 1.